The molecule has 0 saturated heterocycles. The number of aliphatic hydroxyl groups is 1. The molecule has 0 amide bonds. The maximum Gasteiger partial charge on any atom is 0.0792 e. The number of benzene rings is 2. The van der Waals surface area contributed by atoms with Gasteiger partial charge in [0.25, 0.3) is 0 Å². The molecule has 1 aliphatic rings. The lowest BCUT2D eigenvalue weighted by Gasteiger charge is -2.21. The third-order valence-corrected chi connectivity index (χ3v) is 4.04. The minimum absolute atomic E-state index is 0.244. The first-order valence-electron chi connectivity index (χ1n) is 7.16. The zero-order valence-corrected chi connectivity index (χ0v) is 11.2. The summed E-state index contributed by atoms with van der Waals surface area (Å²) in [6.45, 7) is 0. The van der Waals surface area contributed by atoms with Crippen LogP contribution in [0.25, 0.3) is 0 Å². The van der Waals surface area contributed by atoms with Crippen molar-refractivity contribution < 1.29 is 5.11 Å². The Labute approximate surface area is 114 Å². The molecule has 1 nitrogen and oxygen atoms in total. The van der Waals surface area contributed by atoms with E-state index in [-0.39, 0.29) is 6.10 Å². The van der Waals surface area contributed by atoms with Crippen LogP contribution in [-0.2, 0) is 19.3 Å². The minimum Gasteiger partial charge on any atom is -0.388 e. The fraction of sp³-hybridized carbons (Fsp3) is 0.333. The van der Waals surface area contributed by atoms with E-state index in [1.807, 2.05) is 0 Å². The molecule has 1 N–H and O–H groups in total. The SMILES string of the molecule is OC1CCCc2cc(CCc3ccccc3)ccc21. The quantitative estimate of drug-likeness (QED) is 0.880. The lowest BCUT2D eigenvalue weighted by molar-refractivity contribution is 0.156. The van der Waals surface area contributed by atoms with Crippen molar-refractivity contribution in [2.24, 2.45) is 0 Å². The Bertz CT molecular complexity index is 545. The first-order valence-corrected chi connectivity index (χ1v) is 7.16. The lowest BCUT2D eigenvalue weighted by atomic mass is 9.87. The van der Waals surface area contributed by atoms with Crippen LogP contribution in [0.5, 0.6) is 0 Å². The zero-order valence-electron chi connectivity index (χ0n) is 11.2. The maximum absolute atomic E-state index is 9.96. The molecule has 3 rings (SSSR count). The third kappa shape index (κ3) is 2.87. The van der Waals surface area contributed by atoms with E-state index in [2.05, 4.69) is 48.5 Å². The molecular weight excluding hydrogens is 232 g/mol. The van der Waals surface area contributed by atoms with Gasteiger partial charge in [0.2, 0.25) is 0 Å². The molecule has 1 unspecified atom stereocenters. The zero-order chi connectivity index (χ0) is 13.1. The average Bonchev–Trinajstić information content (AvgIpc) is 2.46. The summed E-state index contributed by atoms with van der Waals surface area (Å²) in [5.41, 5.74) is 5.27. The third-order valence-electron chi connectivity index (χ3n) is 4.04. The van der Waals surface area contributed by atoms with Crippen molar-refractivity contribution in [3.05, 3.63) is 70.8 Å². The predicted molar refractivity (Wildman–Crippen MR) is 78.2 cm³/mol. The van der Waals surface area contributed by atoms with Crippen LogP contribution in [0.3, 0.4) is 0 Å². The second-order valence-corrected chi connectivity index (χ2v) is 5.43. The molecule has 1 atom stereocenters. The van der Waals surface area contributed by atoms with E-state index in [9.17, 15) is 5.11 Å². The van der Waals surface area contributed by atoms with Gasteiger partial charge < -0.3 is 5.11 Å². The van der Waals surface area contributed by atoms with Gasteiger partial charge in [-0.3, -0.25) is 0 Å². The number of hydrogen-bond acceptors (Lipinski definition) is 1. The highest BCUT2D eigenvalue weighted by Gasteiger charge is 2.17. The van der Waals surface area contributed by atoms with Gasteiger partial charge in [0.05, 0.1) is 6.10 Å². The van der Waals surface area contributed by atoms with E-state index in [0.29, 0.717) is 0 Å². The van der Waals surface area contributed by atoms with Crippen molar-refractivity contribution in [1.29, 1.82) is 0 Å². The lowest BCUT2D eigenvalue weighted by Crippen LogP contribution is -2.09. The van der Waals surface area contributed by atoms with Crippen molar-refractivity contribution in [1.82, 2.24) is 0 Å². The molecule has 1 heteroatoms. The van der Waals surface area contributed by atoms with E-state index >= 15 is 0 Å². The van der Waals surface area contributed by atoms with Gasteiger partial charge in [0.1, 0.15) is 0 Å². The summed E-state index contributed by atoms with van der Waals surface area (Å²) < 4.78 is 0. The molecule has 0 aromatic heterocycles. The van der Waals surface area contributed by atoms with Gasteiger partial charge in [0, 0.05) is 0 Å². The van der Waals surface area contributed by atoms with E-state index in [1.54, 1.807) is 0 Å². The first-order chi connectivity index (χ1) is 9.33. The number of aryl methyl sites for hydroxylation is 3. The average molecular weight is 252 g/mol. The van der Waals surface area contributed by atoms with E-state index in [1.165, 1.54) is 16.7 Å². The fourth-order valence-electron chi connectivity index (χ4n) is 2.93. The summed E-state index contributed by atoms with van der Waals surface area (Å²) in [5.74, 6) is 0. The Morgan fingerprint density at radius 1 is 0.947 bits per heavy atom. The number of rotatable bonds is 3. The topological polar surface area (TPSA) is 20.2 Å². The molecular formula is C18H20O. The van der Waals surface area contributed by atoms with Gasteiger partial charge in [-0.1, -0.05) is 48.5 Å². The van der Waals surface area contributed by atoms with Crippen LogP contribution in [-0.4, -0.2) is 5.11 Å². The Hall–Kier alpha value is -1.60. The largest absolute Gasteiger partial charge is 0.388 e. The molecule has 2 aromatic rings. The summed E-state index contributed by atoms with van der Waals surface area (Å²) in [4.78, 5) is 0. The molecule has 19 heavy (non-hydrogen) atoms. The predicted octanol–water partition coefficient (Wildman–Crippen LogP) is 3.84. The van der Waals surface area contributed by atoms with Crippen LogP contribution in [0.4, 0.5) is 0 Å². The molecule has 0 heterocycles. The summed E-state index contributed by atoms with van der Waals surface area (Å²) in [7, 11) is 0. The van der Waals surface area contributed by atoms with Crippen LogP contribution in [0.15, 0.2) is 48.5 Å². The minimum atomic E-state index is -0.244. The normalized spacial score (nSPS) is 18.1. The summed E-state index contributed by atoms with van der Waals surface area (Å²) in [6, 6.07) is 17.2. The molecule has 98 valence electrons. The van der Waals surface area contributed by atoms with Crippen LogP contribution in [0.2, 0.25) is 0 Å². The fourth-order valence-corrected chi connectivity index (χ4v) is 2.93. The van der Waals surface area contributed by atoms with E-state index < -0.39 is 0 Å². The van der Waals surface area contributed by atoms with Crippen LogP contribution in [0.1, 0.15) is 41.2 Å². The Morgan fingerprint density at radius 2 is 1.74 bits per heavy atom. The molecule has 0 aliphatic heterocycles. The smallest absolute Gasteiger partial charge is 0.0792 e. The molecule has 1 aliphatic carbocycles. The van der Waals surface area contributed by atoms with Crippen molar-refractivity contribution in [2.45, 2.75) is 38.2 Å². The van der Waals surface area contributed by atoms with Gasteiger partial charge in [0.15, 0.2) is 0 Å². The van der Waals surface area contributed by atoms with Gasteiger partial charge in [-0.25, -0.2) is 0 Å². The van der Waals surface area contributed by atoms with E-state index in [4.69, 9.17) is 0 Å². The van der Waals surface area contributed by atoms with E-state index in [0.717, 1.165) is 37.7 Å². The molecule has 2 aromatic carbocycles. The maximum atomic E-state index is 9.96. The Kier molecular flexibility index (Phi) is 3.65. The second-order valence-electron chi connectivity index (χ2n) is 5.43. The van der Waals surface area contributed by atoms with Gasteiger partial charge in [-0.05, 0) is 54.4 Å². The highest BCUT2D eigenvalue weighted by molar-refractivity contribution is 5.35. The number of fused-ring (bicyclic) bond motifs is 1. The van der Waals surface area contributed by atoms with Crippen molar-refractivity contribution in [3.8, 4) is 0 Å². The number of hydrogen-bond donors (Lipinski definition) is 1. The van der Waals surface area contributed by atoms with Crippen molar-refractivity contribution in [3.63, 3.8) is 0 Å². The van der Waals surface area contributed by atoms with Crippen molar-refractivity contribution in [2.75, 3.05) is 0 Å². The molecule has 0 saturated carbocycles. The van der Waals surface area contributed by atoms with Gasteiger partial charge in [-0.2, -0.15) is 0 Å². The first kappa shape index (κ1) is 12.4. The highest BCUT2D eigenvalue weighted by Crippen LogP contribution is 2.30. The number of aliphatic hydroxyl groups excluding tert-OH is 1. The highest BCUT2D eigenvalue weighted by atomic mass is 16.3. The molecule has 0 fully saturated rings. The summed E-state index contributed by atoms with van der Waals surface area (Å²) in [5, 5.41) is 9.96. The summed E-state index contributed by atoms with van der Waals surface area (Å²) >= 11 is 0. The standard InChI is InChI=1S/C18H20O/c19-18-8-4-7-16-13-15(11-12-17(16)18)10-9-14-5-2-1-3-6-14/h1-3,5-6,11-13,18-19H,4,7-10H2. The van der Waals surface area contributed by atoms with Crippen molar-refractivity contribution >= 4 is 0 Å². The molecule has 0 spiro atoms. The molecule has 0 radical (unpaired) electrons. The van der Waals surface area contributed by atoms with Crippen LogP contribution < -0.4 is 0 Å². The van der Waals surface area contributed by atoms with Gasteiger partial charge >= 0.3 is 0 Å². The monoisotopic (exact) mass is 252 g/mol. The van der Waals surface area contributed by atoms with Crippen LogP contribution in [0, 0.1) is 0 Å². The Morgan fingerprint density at radius 3 is 2.58 bits per heavy atom. The summed E-state index contributed by atoms with van der Waals surface area (Å²) in [6.07, 6.45) is 5.06. The Balaban J connectivity index is 1.72. The van der Waals surface area contributed by atoms with Crippen LogP contribution >= 0.6 is 0 Å². The second kappa shape index (κ2) is 5.58. The molecule has 0 bridgehead atoms. The van der Waals surface area contributed by atoms with Gasteiger partial charge in [-0.15, -0.1) is 0 Å².